The number of aryl methyl sites for hydroxylation is 1. The molecule has 0 aliphatic heterocycles. The summed E-state index contributed by atoms with van der Waals surface area (Å²) in [6.45, 7) is 0.733. The number of tetrazole rings is 1. The summed E-state index contributed by atoms with van der Waals surface area (Å²) < 4.78 is 39.9. The Morgan fingerprint density at radius 3 is 2.71 bits per heavy atom. The van der Waals surface area contributed by atoms with Crippen molar-refractivity contribution in [3.8, 4) is 0 Å². The summed E-state index contributed by atoms with van der Waals surface area (Å²) in [6, 6.07) is 5.57. The quantitative estimate of drug-likeness (QED) is 0.653. The molecule has 0 saturated heterocycles. The Labute approximate surface area is 123 Å². The summed E-state index contributed by atoms with van der Waals surface area (Å²) in [5, 5.41) is 14.7. The van der Waals surface area contributed by atoms with Crippen LogP contribution >= 0.6 is 11.8 Å². The third-order valence-electron chi connectivity index (χ3n) is 2.73. The van der Waals surface area contributed by atoms with Crippen molar-refractivity contribution in [3.63, 3.8) is 0 Å². The summed E-state index contributed by atoms with van der Waals surface area (Å²) >= 11 is 1.44. The van der Waals surface area contributed by atoms with Gasteiger partial charge in [0.1, 0.15) is 0 Å². The van der Waals surface area contributed by atoms with Gasteiger partial charge in [-0.05, 0) is 22.1 Å². The van der Waals surface area contributed by atoms with Gasteiger partial charge in [0.25, 0.3) is 0 Å². The van der Waals surface area contributed by atoms with Gasteiger partial charge in [-0.25, -0.2) is 4.68 Å². The lowest BCUT2D eigenvalue weighted by Gasteiger charge is -2.13. The zero-order valence-corrected chi connectivity index (χ0v) is 12.1. The van der Waals surface area contributed by atoms with Gasteiger partial charge in [0.15, 0.2) is 0 Å². The van der Waals surface area contributed by atoms with Crippen LogP contribution in [0.2, 0.25) is 0 Å². The number of thioether (sulfide) groups is 1. The zero-order chi connectivity index (χ0) is 15.3. The van der Waals surface area contributed by atoms with E-state index in [-0.39, 0.29) is 12.1 Å². The monoisotopic (exact) mass is 317 g/mol. The van der Waals surface area contributed by atoms with E-state index in [0.717, 1.165) is 6.07 Å². The fourth-order valence-corrected chi connectivity index (χ4v) is 2.48. The Hall–Kier alpha value is -1.61. The van der Waals surface area contributed by atoms with Crippen molar-refractivity contribution >= 4 is 11.8 Å². The largest absolute Gasteiger partial charge is 0.416 e. The van der Waals surface area contributed by atoms with E-state index in [0.29, 0.717) is 17.5 Å². The Bertz CT molecular complexity index is 584. The van der Waals surface area contributed by atoms with Crippen molar-refractivity contribution in [2.75, 3.05) is 12.3 Å². The summed E-state index contributed by atoms with van der Waals surface area (Å²) in [6.07, 6.45) is -4.32. The van der Waals surface area contributed by atoms with Gasteiger partial charge >= 0.3 is 6.18 Å². The fraction of sp³-hybridized carbons (Fsp3) is 0.417. The second kappa shape index (κ2) is 6.90. The molecule has 9 heteroatoms. The molecule has 1 N–H and O–H groups in total. The third kappa shape index (κ3) is 4.43. The normalized spacial score (nSPS) is 11.8. The van der Waals surface area contributed by atoms with Crippen molar-refractivity contribution in [2.45, 2.75) is 17.9 Å². The number of rotatable bonds is 6. The van der Waals surface area contributed by atoms with Gasteiger partial charge in [0.2, 0.25) is 5.16 Å². The van der Waals surface area contributed by atoms with E-state index in [1.54, 1.807) is 17.8 Å². The standard InChI is InChI=1S/C12H14F3N5S/c1-20-11(17-18-19-20)21-7-6-16-8-9-4-2-3-5-10(9)12(13,14)15/h2-5,16H,6-8H2,1H3. The highest BCUT2D eigenvalue weighted by molar-refractivity contribution is 7.99. The van der Waals surface area contributed by atoms with Gasteiger partial charge in [0, 0.05) is 25.9 Å². The summed E-state index contributed by atoms with van der Waals surface area (Å²) in [4.78, 5) is 0. The van der Waals surface area contributed by atoms with Gasteiger partial charge in [-0.2, -0.15) is 13.2 Å². The van der Waals surface area contributed by atoms with Crippen LogP contribution in [0.4, 0.5) is 13.2 Å². The molecule has 0 spiro atoms. The van der Waals surface area contributed by atoms with Gasteiger partial charge in [0.05, 0.1) is 5.56 Å². The number of alkyl halides is 3. The third-order valence-corrected chi connectivity index (χ3v) is 3.74. The molecule has 21 heavy (non-hydrogen) atoms. The topological polar surface area (TPSA) is 55.6 Å². The van der Waals surface area contributed by atoms with E-state index in [2.05, 4.69) is 20.8 Å². The van der Waals surface area contributed by atoms with Crippen molar-refractivity contribution in [3.05, 3.63) is 35.4 Å². The Kier molecular flexibility index (Phi) is 5.18. The molecule has 0 saturated carbocycles. The molecule has 0 atom stereocenters. The van der Waals surface area contributed by atoms with Crippen molar-refractivity contribution in [2.24, 2.45) is 7.05 Å². The highest BCUT2D eigenvalue weighted by Gasteiger charge is 2.32. The van der Waals surface area contributed by atoms with Crippen molar-refractivity contribution in [1.82, 2.24) is 25.5 Å². The molecule has 0 aliphatic rings. The molecule has 0 radical (unpaired) electrons. The van der Waals surface area contributed by atoms with Gasteiger partial charge < -0.3 is 5.32 Å². The molecule has 2 rings (SSSR count). The van der Waals surface area contributed by atoms with E-state index in [1.165, 1.54) is 23.9 Å². The van der Waals surface area contributed by atoms with E-state index in [1.807, 2.05) is 0 Å². The molecule has 1 aromatic heterocycles. The summed E-state index contributed by atoms with van der Waals surface area (Å²) in [5.41, 5.74) is -0.349. The number of hydrogen-bond acceptors (Lipinski definition) is 5. The molecular weight excluding hydrogens is 303 g/mol. The highest BCUT2D eigenvalue weighted by atomic mass is 32.2. The SMILES string of the molecule is Cn1nnnc1SCCNCc1ccccc1C(F)(F)F. The average molecular weight is 317 g/mol. The Morgan fingerprint density at radius 1 is 1.29 bits per heavy atom. The number of benzene rings is 1. The number of nitrogens with one attached hydrogen (secondary N) is 1. The van der Waals surface area contributed by atoms with Crippen LogP contribution in [-0.2, 0) is 19.8 Å². The molecule has 0 amide bonds. The minimum atomic E-state index is -4.32. The first kappa shape index (κ1) is 15.8. The van der Waals surface area contributed by atoms with E-state index in [9.17, 15) is 13.2 Å². The summed E-state index contributed by atoms with van der Waals surface area (Å²) in [7, 11) is 1.73. The fourth-order valence-electron chi connectivity index (χ4n) is 1.73. The highest BCUT2D eigenvalue weighted by Crippen LogP contribution is 2.31. The first-order valence-corrected chi connectivity index (χ1v) is 7.18. The number of hydrogen-bond donors (Lipinski definition) is 1. The number of nitrogens with zero attached hydrogens (tertiary/aromatic N) is 4. The average Bonchev–Trinajstić information content (AvgIpc) is 2.83. The Balaban J connectivity index is 1.80. The molecule has 5 nitrogen and oxygen atoms in total. The van der Waals surface area contributed by atoms with Crippen LogP contribution in [0.3, 0.4) is 0 Å². The minimum absolute atomic E-state index is 0.174. The predicted molar refractivity (Wildman–Crippen MR) is 72.7 cm³/mol. The molecule has 114 valence electrons. The minimum Gasteiger partial charge on any atom is -0.312 e. The van der Waals surface area contributed by atoms with Crippen LogP contribution in [-0.4, -0.2) is 32.5 Å². The first-order valence-electron chi connectivity index (χ1n) is 6.19. The molecule has 0 aliphatic carbocycles. The second-order valence-electron chi connectivity index (χ2n) is 4.27. The smallest absolute Gasteiger partial charge is 0.312 e. The summed E-state index contributed by atoms with van der Waals surface area (Å²) in [5.74, 6) is 0.669. The maximum absolute atomic E-state index is 12.8. The predicted octanol–water partition coefficient (Wildman–Crippen LogP) is 2.11. The first-order chi connectivity index (χ1) is 9.98. The lowest BCUT2D eigenvalue weighted by molar-refractivity contribution is -0.138. The lowest BCUT2D eigenvalue weighted by Crippen LogP contribution is -2.19. The molecule has 0 fully saturated rings. The van der Waals surface area contributed by atoms with Crippen molar-refractivity contribution < 1.29 is 13.2 Å². The molecule has 1 aromatic carbocycles. The molecular formula is C12H14F3N5S. The van der Waals surface area contributed by atoms with Crippen LogP contribution in [0, 0.1) is 0 Å². The maximum Gasteiger partial charge on any atom is 0.416 e. The maximum atomic E-state index is 12.8. The molecule has 0 unspecified atom stereocenters. The number of aromatic nitrogens is 4. The van der Waals surface area contributed by atoms with Crippen LogP contribution in [0.25, 0.3) is 0 Å². The zero-order valence-electron chi connectivity index (χ0n) is 11.3. The van der Waals surface area contributed by atoms with Gasteiger partial charge in [-0.15, -0.1) is 5.10 Å². The van der Waals surface area contributed by atoms with Gasteiger partial charge in [-0.1, -0.05) is 30.0 Å². The van der Waals surface area contributed by atoms with Crippen LogP contribution in [0.15, 0.2) is 29.4 Å². The van der Waals surface area contributed by atoms with E-state index >= 15 is 0 Å². The van der Waals surface area contributed by atoms with Crippen LogP contribution in [0.1, 0.15) is 11.1 Å². The van der Waals surface area contributed by atoms with Crippen molar-refractivity contribution in [1.29, 1.82) is 0 Å². The molecule has 0 bridgehead atoms. The second-order valence-corrected chi connectivity index (χ2v) is 5.33. The Morgan fingerprint density at radius 2 is 2.05 bits per heavy atom. The van der Waals surface area contributed by atoms with Crippen LogP contribution in [0.5, 0.6) is 0 Å². The van der Waals surface area contributed by atoms with E-state index < -0.39 is 11.7 Å². The number of halogens is 3. The van der Waals surface area contributed by atoms with Crippen LogP contribution < -0.4 is 5.32 Å². The molecule has 1 heterocycles. The lowest BCUT2D eigenvalue weighted by atomic mass is 10.1. The van der Waals surface area contributed by atoms with Gasteiger partial charge in [-0.3, -0.25) is 0 Å². The van der Waals surface area contributed by atoms with E-state index in [4.69, 9.17) is 0 Å². The molecule has 2 aromatic rings.